The van der Waals surface area contributed by atoms with E-state index in [1.807, 2.05) is 25.1 Å². The fraction of sp³-hybridized carbons (Fsp3) is 0.250. The van der Waals surface area contributed by atoms with E-state index in [1.165, 1.54) is 0 Å². The maximum Gasteiger partial charge on any atom is 0.243 e. The van der Waals surface area contributed by atoms with E-state index in [4.69, 9.17) is 10.5 Å². The monoisotopic (exact) mass is 280 g/mol. The van der Waals surface area contributed by atoms with Crippen molar-refractivity contribution in [2.45, 2.75) is 25.7 Å². The molecule has 0 radical (unpaired) electrons. The lowest BCUT2D eigenvalue weighted by molar-refractivity contribution is 0.368. The first-order valence-electron chi connectivity index (χ1n) is 6.81. The minimum absolute atomic E-state index is 0.0957. The van der Waals surface area contributed by atoms with Gasteiger partial charge in [0.25, 0.3) is 0 Å². The number of rotatable bonds is 2. The third kappa shape index (κ3) is 2.05. The summed E-state index contributed by atoms with van der Waals surface area (Å²) < 4.78 is 5.46. The molecule has 2 atom stereocenters. The van der Waals surface area contributed by atoms with E-state index in [9.17, 15) is 5.26 Å². The standard InChI is InChI=1S/C16H16N4O/c1-9(11-6-4-3-5-7-11)13-12(8-17)15(18)21-16-14(13)10(2)19-20-16/h3-7,9,13H,18H2,1-2H3,(H,19,20)/t9-,13-/m1/s1. The van der Waals surface area contributed by atoms with Gasteiger partial charge in [-0.05, 0) is 18.4 Å². The van der Waals surface area contributed by atoms with E-state index >= 15 is 0 Å². The Bertz CT molecular complexity index is 739. The topological polar surface area (TPSA) is 87.7 Å². The van der Waals surface area contributed by atoms with Crippen LogP contribution >= 0.6 is 0 Å². The molecule has 3 rings (SSSR count). The van der Waals surface area contributed by atoms with Crippen LogP contribution in [0.4, 0.5) is 0 Å². The van der Waals surface area contributed by atoms with E-state index in [0.717, 1.165) is 16.8 Å². The van der Waals surface area contributed by atoms with E-state index < -0.39 is 0 Å². The highest BCUT2D eigenvalue weighted by Gasteiger charge is 2.36. The average molecular weight is 280 g/mol. The van der Waals surface area contributed by atoms with Crippen molar-refractivity contribution in [2.24, 2.45) is 5.73 Å². The summed E-state index contributed by atoms with van der Waals surface area (Å²) >= 11 is 0. The minimum atomic E-state index is -0.153. The Kier molecular flexibility index (Phi) is 3.15. The summed E-state index contributed by atoms with van der Waals surface area (Å²) in [5, 5.41) is 16.5. The number of nitrogens with zero attached hydrogens (tertiary/aromatic N) is 2. The lowest BCUT2D eigenvalue weighted by Gasteiger charge is -2.28. The minimum Gasteiger partial charge on any atom is -0.420 e. The second-order valence-electron chi connectivity index (χ2n) is 5.24. The smallest absolute Gasteiger partial charge is 0.243 e. The summed E-state index contributed by atoms with van der Waals surface area (Å²) in [6, 6.07) is 12.3. The molecule has 0 bridgehead atoms. The molecule has 0 aliphatic carbocycles. The molecule has 0 unspecified atom stereocenters. The van der Waals surface area contributed by atoms with Crippen molar-refractivity contribution < 1.29 is 4.74 Å². The second kappa shape index (κ2) is 4.98. The molecule has 1 aromatic heterocycles. The summed E-state index contributed by atoms with van der Waals surface area (Å²) in [4.78, 5) is 0. The first-order chi connectivity index (χ1) is 10.1. The molecule has 0 fully saturated rings. The van der Waals surface area contributed by atoms with Gasteiger partial charge >= 0.3 is 0 Å². The highest BCUT2D eigenvalue weighted by atomic mass is 16.5. The molecule has 0 saturated heterocycles. The summed E-state index contributed by atoms with van der Waals surface area (Å²) in [5.41, 5.74) is 9.33. The summed E-state index contributed by atoms with van der Waals surface area (Å²) in [6.45, 7) is 4.02. The van der Waals surface area contributed by atoms with Crippen molar-refractivity contribution in [3.63, 3.8) is 0 Å². The van der Waals surface area contributed by atoms with Crippen LogP contribution in [0.15, 0.2) is 41.8 Å². The molecule has 1 aliphatic heterocycles. The normalized spacial score (nSPS) is 18.6. The third-order valence-electron chi connectivity index (χ3n) is 4.00. The molecule has 5 heteroatoms. The van der Waals surface area contributed by atoms with Crippen molar-refractivity contribution in [2.75, 3.05) is 0 Å². The fourth-order valence-electron chi connectivity index (χ4n) is 2.89. The molecule has 0 amide bonds. The molecular weight excluding hydrogens is 264 g/mol. The predicted octanol–water partition coefficient (Wildman–Crippen LogP) is 2.69. The zero-order chi connectivity index (χ0) is 15.0. The molecule has 3 N–H and O–H groups in total. The number of nitrogens with one attached hydrogen (secondary N) is 1. The van der Waals surface area contributed by atoms with Crippen LogP contribution in [0.5, 0.6) is 5.88 Å². The maximum atomic E-state index is 9.48. The Hall–Kier alpha value is -2.74. The van der Waals surface area contributed by atoms with Gasteiger partial charge in [-0.3, -0.25) is 5.10 Å². The number of hydrogen-bond acceptors (Lipinski definition) is 4. The molecule has 0 spiro atoms. The number of aryl methyl sites for hydroxylation is 1. The number of nitrogens with two attached hydrogens (primary N) is 1. The summed E-state index contributed by atoms with van der Waals surface area (Å²) in [5.74, 6) is 0.555. The number of benzene rings is 1. The van der Waals surface area contributed by atoms with Crippen molar-refractivity contribution in [3.8, 4) is 11.9 Å². The van der Waals surface area contributed by atoms with E-state index in [0.29, 0.717) is 11.5 Å². The largest absolute Gasteiger partial charge is 0.420 e. The summed E-state index contributed by atoms with van der Waals surface area (Å²) in [7, 11) is 0. The van der Waals surface area contributed by atoms with Crippen molar-refractivity contribution in [1.82, 2.24) is 10.2 Å². The number of aromatic nitrogens is 2. The van der Waals surface area contributed by atoms with Gasteiger partial charge in [-0.2, -0.15) is 5.26 Å². The Balaban J connectivity index is 2.14. The zero-order valence-corrected chi connectivity index (χ0v) is 11.9. The van der Waals surface area contributed by atoms with Gasteiger partial charge in [0.05, 0.1) is 5.57 Å². The van der Waals surface area contributed by atoms with E-state index in [-0.39, 0.29) is 17.7 Å². The molecule has 5 nitrogen and oxygen atoms in total. The van der Waals surface area contributed by atoms with Crippen LogP contribution in [0.1, 0.15) is 35.6 Å². The van der Waals surface area contributed by atoms with Crippen LogP contribution in [0.3, 0.4) is 0 Å². The number of allylic oxidation sites excluding steroid dienone is 1. The Labute approximate surface area is 123 Å². The molecular formula is C16H16N4O. The van der Waals surface area contributed by atoms with Gasteiger partial charge in [0.2, 0.25) is 11.8 Å². The highest BCUT2D eigenvalue weighted by Crippen LogP contribution is 2.46. The molecule has 21 heavy (non-hydrogen) atoms. The number of aromatic amines is 1. The van der Waals surface area contributed by atoms with Crippen LogP contribution in [-0.2, 0) is 0 Å². The first-order valence-corrected chi connectivity index (χ1v) is 6.81. The highest BCUT2D eigenvalue weighted by molar-refractivity contribution is 5.51. The predicted molar refractivity (Wildman–Crippen MR) is 78.4 cm³/mol. The number of nitriles is 1. The zero-order valence-electron chi connectivity index (χ0n) is 11.9. The van der Waals surface area contributed by atoms with E-state index in [1.54, 1.807) is 0 Å². The molecule has 106 valence electrons. The number of fused-ring (bicyclic) bond motifs is 1. The number of hydrogen-bond donors (Lipinski definition) is 2. The van der Waals surface area contributed by atoms with Gasteiger partial charge in [0.1, 0.15) is 6.07 Å². The van der Waals surface area contributed by atoms with Gasteiger partial charge in [-0.15, -0.1) is 5.10 Å². The molecule has 1 aliphatic rings. The molecule has 2 heterocycles. The van der Waals surface area contributed by atoms with E-state index in [2.05, 4.69) is 35.3 Å². The Morgan fingerprint density at radius 1 is 1.38 bits per heavy atom. The van der Waals surface area contributed by atoms with Crippen molar-refractivity contribution in [1.29, 1.82) is 5.26 Å². The maximum absolute atomic E-state index is 9.48. The van der Waals surface area contributed by atoms with Gasteiger partial charge in [0.15, 0.2) is 0 Å². The average Bonchev–Trinajstić information content (AvgIpc) is 2.87. The Morgan fingerprint density at radius 2 is 2.10 bits per heavy atom. The third-order valence-corrected chi connectivity index (χ3v) is 4.00. The second-order valence-corrected chi connectivity index (χ2v) is 5.24. The molecule has 0 saturated carbocycles. The number of H-pyrrole nitrogens is 1. The van der Waals surface area contributed by atoms with Gasteiger partial charge in [0, 0.05) is 17.2 Å². The van der Waals surface area contributed by atoms with Crippen LogP contribution in [0.25, 0.3) is 0 Å². The fourth-order valence-corrected chi connectivity index (χ4v) is 2.89. The van der Waals surface area contributed by atoms with Gasteiger partial charge < -0.3 is 10.5 Å². The van der Waals surface area contributed by atoms with Crippen LogP contribution < -0.4 is 10.5 Å². The Morgan fingerprint density at radius 3 is 2.76 bits per heavy atom. The van der Waals surface area contributed by atoms with Gasteiger partial charge in [-0.1, -0.05) is 37.3 Å². The van der Waals surface area contributed by atoms with Gasteiger partial charge in [-0.25, -0.2) is 0 Å². The quantitative estimate of drug-likeness (QED) is 0.885. The summed E-state index contributed by atoms with van der Waals surface area (Å²) in [6.07, 6.45) is 0. The number of ether oxygens (including phenoxy) is 1. The van der Waals surface area contributed by atoms with Crippen molar-refractivity contribution in [3.05, 3.63) is 58.6 Å². The van der Waals surface area contributed by atoms with Crippen molar-refractivity contribution >= 4 is 0 Å². The lowest BCUT2D eigenvalue weighted by atomic mass is 9.77. The first kappa shape index (κ1) is 13.3. The van der Waals surface area contributed by atoms with Crippen LogP contribution in [0, 0.1) is 18.3 Å². The molecule has 1 aromatic carbocycles. The van der Waals surface area contributed by atoms with Crippen LogP contribution in [-0.4, -0.2) is 10.2 Å². The lowest BCUT2D eigenvalue weighted by Crippen LogP contribution is -2.23. The SMILES string of the molecule is Cc1[nH]nc2c1[C@H]([C@H](C)c1ccccc1)C(C#N)=C(N)O2. The molecule has 2 aromatic rings. The van der Waals surface area contributed by atoms with Crippen LogP contribution in [0.2, 0.25) is 0 Å².